The molecule has 1 heterocycles. The number of rotatable bonds is 3. The van der Waals surface area contributed by atoms with Gasteiger partial charge in [0.25, 0.3) is 0 Å². The van der Waals surface area contributed by atoms with Gasteiger partial charge < -0.3 is 0 Å². The number of aromatic nitrogens is 2. The van der Waals surface area contributed by atoms with Crippen LogP contribution in [0.5, 0.6) is 0 Å². The average Bonchev–Trinajstić information content (AvgIpc) is 3.02. The SMILES string of the molecule is c1n[nH]c(C2CC2)c1CC1CCCCC1. The molecule has 0 radical (unpaired) electrons. The van der Waals surface area contributed by atoms with Crippen LogP contribution in [0.25, 0.3) is 0 Å². The Morgan fingerprint density at radius 3 is 2.67 bits per heavy atom. The molecule has 1 aromatic heterocycles. The summed E-state index contributed by atoms with van der Waals surface area (Å²) in [6, 6.07) is 0. The van der Waals surface area contributed by atoms with E-state index in [1.165, 1.54) is 62.6 Å². The first-order valence-electron chi connectivity index (χ1n) is 6.45. The van der Waals surface area contributed by atoms with Crippen LogP contribution in [0.15, 0.2) is 6.20 Å². The van der Waals surface area contributed by atoms with E-state index in [0.717, 1.165) is 11.8 Å². The molecular formula is C13H20N2. The molecule has 1 aromatic rings. The number of nitrogens with one attached hydrogen (secondary N) is 1. The molecule has 0 saturated heterocycles. The zero-order valence-electron chi connectivity index (χ0n) is 9.34. The standard InChI is InChI=1S/C13H20N2/c1-2-4-10(5-3-1)8-12-9-14-15-13(12)11-6-7-11/h9-11H,1-8H2,(H,14,15). The molecule has 1 N–H and O–H groups in total. The highest BCUT2D eigenvalue weighted by Gasteiger charge is 2.28. The summed E-state index contributed by atoms with van der Waals surface area (Å²) in [5.41, 5.74) is 2.98. The first-order valence-corrected chi connectivity index (χ1v) is 6.45. The summed E-state index contributed by atoms with van der Waals surface area (Å²) in [5, 5.41) is 7.43. The molecule has 15 heavy (non-hydrogen) atoms. The van der Waals surface area contributed by atoms with Gasteiger partial charge in [0.2, 0.25) is 0 Å². The highest BCUT2D eigenvalue weighted by atomic mass is 15.1. The summed E-state index contributed by atoms with van der Waals surface area (Å²) in [7, 11) is 0. The van der Waals surface area contributed by atoms with Crippen LogP contribution in [0, 0.1) is 5.92 Å². The van der Waals surface area contributed by atoms with Crippen LogP contribution in [-0.2, 0) is 6.42 Å². The van der Waals surface area contributed by atoms with Crippen molar-refractivity contribution >= 4 is 0 Å². The third kappa shape index (κ3) is 2.09. The number of hydrogen-bond donors (Lipinski definition) is 1. The van der Waals surface area contributed by atoms with E-state index in [1.807, 2.05) is 0 Å². The Hall–Kier alpha value is -0.790. The Kier molecular flexibility index (Phi) is 2.51. The fourth-order valence-corrected chi connectivity index (χ4v) is 2.91. The molecule has 0 aromatic carbocycles. The molecule has 0 unspecified atom stereocenters. The van der Waals surface area contributed by atoms with Gasteiger partial charge >= 0.3 is 0 Å². The highest BCUT2D eigenvalue weighted by molar-refractivity contribution is 5.24. The summed E-state index contributed by atoms with van der Waals surface area (Å²) >= 11 is 0. The van der Waals surface area contributed by atoms with E-state index in [-0.39, 0.29) is 0 Å². The fourth-order valence-electron chi connectivity index (χ4n) is 2.91. The van der Waals surface area contributed by atoms with E-state index in [9.17, 15) is 0 Å². The summed E-state index contributed by atoms with van der Waals surface area (Å²) in [5.74, 6) is 1.76. The molecule has 2 aliphatic rings. The van der Waals surface area contributed by atoms with Gasteiger partial charge in [0.15, 0.2) is 0 Å². The number of aromatic amines is 1. The van der Waals surface area contributed by atoms with Crippen LogP contribution < -0.4 is 0 Å². The number of H-pyrrole nitrogens is 1. The predicted molar refractivity (Wildman–Crippen MR) is 60.8 cm³/mol. The second-order valence-electron chi connectivity index (χ2n) is 5.29. The maximum Gasteiger partial charge on any atom is 0.0522 e. The van der Waals surface area contributed by atoms with Gasteiger partial charge in [0.1, 0.15) is 0 Å². The molecule has 3 rings (SSSR count). The minimum Gasteiger partial charge on any atom is -0.282 e. The van der Waals surface area contributed by atoms with Crippen molar-refractivity contribution in [2.75, 3.05) is 0 Å². The van der Waals surface area contributed by atoms with Crippen molar-refractivity contribution in [1.29, 1.82) is 0 Å². The van der Waals surface area contributed by atoms with Gasteiger partial charge in [0.05, 0.1) is 6.20 Å². The van der Waals surface area contributed by atoms with Gasteiger partial charge in [-0.15, -0.1) is 0 Å². The van der Waals surface area contributed by atoms with Crippen molar-refractivity contribution < 1.29 is 0 Å². The Balaban J connectivity index is 1.67. The van der Waals surface area contributed by atoms with E-state index < -0.39 is 0 Å². The highest BCUT2D eigenvalue weighted by Crippen LogP contribution is 2.41. The summed E-state index contributed by atoms with van der Waals surface area (Å²) in [6.07, 6.45) is 13.3. The van der Waals surface area contributed by atoms with Gasteiger partial charge in [-0.05, 0) is 30.7 Å². The van der Waals surface area contributed by atoms with Crippen molar-refractivity contribution in [2.24, 2.45) is 5.92 Å². The molecule has 0 spiro atoms. The lowest BCUT2D eigenvalue weighted by Gasteiger charge is -2.21. The second kappa shape index (κ2) is 3.99. The van der Waals surface area contributed by atoms with Crippen LogP contribution in [0.4, 0.5) is 0 Å². The number of hydrogen-bond acceptors (Lipinski definition) is 1. The van der Waals surface area contributed by atoms with Gasteiger partial charge in [-0.2, -0.15) is 5.10 Å². The lowest BCUT2D eigenvalue weighted by atomic mass is 9.85. The lowest BCUT2D eigenvalue weighted by Crippen LogP contribution is -2.09. The summed E-state index contributed by atoms with van der Waals surface area (Å²) in [4.78, 5) is 0. The molecule has 2 nitrogen and oxygen atoms in total. The molecule has 82 valence electrons. The molecule has 0 aliphatic heterocycles. The average molecular weight is 204 g/mol. The van der Waals surface area contributed by atoms with Crippen LogP contribution in [0.1, 0.15) is 62.1 Å². The van der Waals surface area contributed by atoms with Crippen LogP contribution >= 0.6 is 0 Å². The van der Waals surface area contributed by atoms with E-state index in [4.69, 9.17) is 0 Å². The zero-order chi connectivity index (χ0) is 10.1. The minimum atomic E-state index is 0.825. The molecular weight excluding hydrogens is 184 g/mol. The molecule has 2 aliphatic carbocycles. The van der Waals surface area contributed by atoms with E-state index in [0.29, 0.717) is 0 Å². The summed E-state index contributed by atoms with van der Waals surface area (Å²) in [6.45, 7) is 0. The van der Waals surface area contributed by atoms with Crippen molar-refractivity contribution in [3.05, 3.63) is 17.5 Å². The van der Waals surface area contributed by atoms with Gasteiger partial charge in [-0.25, -0.2) is 0 Å². The Morgan fingerprint density at radius 2 is 1.93 bits per heavy atom. The van der Waals surface area contributed by atoms with E-state index >= 15 is 0 Å². The topological polar surface area (TPSA) is 28.7 Å². The molecule has 2 fully saturated rings. The first-order chi connectivity index (χ1) is 7.43. The maximum atomic E-state index is 4.22. The van der Waals surface area contributed by atoms with E-state index in [1.54, 1.807) is 0 Å². The number of nitrogens with zero attached hydrogens (tertiary/aromatic N) is 1. The van der Waals surface area contributed by atoms with Crippen molar-refractivity contribution in [2.45, 2.75) is 57.3 Å². The second-order valence-corrected chi connectivity index (χ2v) is 5.29. The molecule has 0 amide bonds. The van der Waals surface area contributed by atoms with Crippen molar-refractivity contribution in [3.63, 3.8) is 0 Å². The van der Waals surface area contributed by atoms with Gasteiger partial charge in [0, 0.05) is 11.6 Å². The molecule has 2 heteroatoms. The molecule has 0 atom stereocenters. The summed E-state index contributed by atoms with van der Waals surface area (Å²) < 4.78 is 0. The quantitative estimate of drug-likeness (QED) is 0.803. The minimum absolute atomic E-state index is 0.825. The van der Waals surface area contributed by atoms with Crippen molar-refractivity contribution in [3.8, 4) is 0 Å². The normalized spacial score (nSPS) is 23.2. The Bertz CT molecular complexity index is 319. The monoisotopic (exact) mass is 204 g/mol. The van der Waals surface area contributed by atoms with Crippen molar-refractivity contribution in [1.82, 2.24) is 10.2 Å². The lowest BCUT2D eigenvalue weighted by molar-refractivity contribution is 0.356. The van der Waals surface area contributed by atoms with Crippen LogP contribution in [-0.4, -0.2) is 10.2 Å². The Labute approximate surface area is 91.5 Å². The van der Waals surface area contributed by atoms with Crippen LogP contribution in [0.2, 0.25) is 0 Å². The van der Waals surface area contributed by atoms with Gasteiger partial charge in [-0.3, -0.25) is 5.10 Å². The third-order valence-corrected chi connectivity index (χ3v) is 3.97. The predicted octanol–water partition coefficient (Wildman–Crippen LogP) is 3.41. The zero-order valence-corrected chi connectivity index (χ0v) is 9.34. The molecule has 0 bridgehead atoms. The Morgan fingerprint density at radius 1 is 1.13 bits per heavy atom. The maximum absolute atomic E-state index is 4.22. The van der Waals surface area contributed by atoms with Crippen LogP contribution in [0.3, 0.4) is 0 Å². The largest absolute Gasteiger partial charge is 0.282 e. The third-order valence-electron chi connectivity index (χ3n) is 3.97. The van der Waals surface area contributed by atoms with E-state index in [2.05, 4.69) is 16.4 Å². The molecule has 2 saturated carbocycles. The smallest absolute Gasteiger partial charge is 0.0522 e. The van der Waals surface area contributed by atoms with Gasteiger partial charge in [-0.1, -0.05) is 32.1 Å². The fraction of sp³-hybridized carbons (Fsp3) is 0.769. The first kappa shape index (κ1) is 9.44.